The van der Waals surface area contributed by atoms with E-state index in [4.69, 9.17) is 4.74 Å². The molecule has 0 amide bonds. The number of carbonyl (C=O) groups is 2. The predicted octanol–water partition coefficient (Wildman–Crippen LogP) is 3.98. The number of nitrogens with one attached hydrogen (secondary N) is 1. The summed E-state index contributed by atoms with van der Waals surface area (Å²) in [4.78, 5) is 30.6. The summed E-state index contributed by atoms with van der Waals surface area (Å²) in [6.45, 7) is 8.51. The topological polar surface area (TPSA) is 68.3 Å². The third kappa shape index (κ3) is 4.32. The Morgan fingerprint density at radius 3 is 2.82 bits per heavy atom. The van der Waals surface area contributed by atoms with Gasteiger partial charge in [0.15, 0.2) is 5.78 Å². The van der Waals surface area contributed by atoms with Crippen molar-refractivity contribution in [3.8, 4) is 0 Å². The molecule has 1 atom stereocenters. The summed E-state index contributed by atoms with van der Waals surface area (Å²) in [7, 11) is 0. The summed E-state index contributed by atoms with van der Waals surface area (Å²) < 4.78 is 5.54. The number of ether oxygens (including phenoxy) is 1. The van der Waals surface area contributed by atoms with Crippen LogP contribution in [0.4, 0.5) is 0 Å². The summed E-state index contributed by atoms with van der Waals surface area (Å²) in [5.41, 5.74) is 3.41. The predicted molar refractivity (Wildman–Crippen MR) is 112 cm³/mol. The molecule has 0 saturated carbocycles. The molecule has 6 heteroatoms. The van der Waals surface area contributed by atoms with Gasteiger partial charge in [-0.25, -0.2) is 4.79 Å². The number of pyridine rings is 1. The maximum atomic E-state index is 13.1. The lowest BCUT2D eigenvalue weighted by atomic mass is 9.69. The second-order valence-corrected chi connectivity index (χ2v) is 9.41. The Hall–Kier alpha value is -2.08. The second-order valence-electron chi connectivity index (χ2n) is 8.02. The van der Waals surface area contributed by atoms with E-state index in [0.29, 0.717) is 29.9 Å². The average molecular weight is 401 g/mol. The van der Waals surface area contributed by atoms with Gasteiger partial charge in [-0.05, 0) is 36.6 Å². The lowest BCUT2D eigenvalue weighted by molar-refractivity contribution is -0.138. The monoisotopic (exact) mass is 400 g/mol. The smallest absolute Gasteiger partial charge is 0.336 e. The molecule has 0 radical (unpaired) electrons. The molecule has 28 heavy (non-hydrogen) atoms. The fourth-order valence-corrected chi connectivity index (χ4v) is 4.45. The summed E-state index contributed by atoms with van der Waals surface area (Å²) in [6.07, 6.45) is 2.93. The van der Waals surface area contributed by atoms with Gasteiger partial charge in [-0.1, -0.05) is 26.8 Å². The molecule has 1 aliphatic carbocycles. The number of carbonyl (C=O) groups excluding carboxylic acids is 2. The molecule has 3 rings (SSSR count). The highest BCUT2D eigenvalue weighted by Gasteiger charge is 2.43. The van der Waals surface area contributed by atoms with E-state index in [0.717, 1.165) is 29.3 Å². The van der Waals surface area contributed by atoms with Crippen molar-refractivity contribution in [1.29, 1.82) is 0 Å². The van der Waals surface area contributed by atoms with Crippen LogP contribution in [0.15, 0.2) is 46.9 Å². The van der Waals surface area contributed by atoms with Gasteiger partial charge in [0.05, 0.1) is 17.2 Å². The first-order valence-electron chi connectivity index (χ1n) is 9.74. The van der Waals surface area contributed by atoms with Crippen molar-refractivity contribution in [2.24, 2.45) is 5.41 Å². The van der Waals surface area contributed by atoms with Gasteiger partial charge in [-0.2, -0.15) is 11.8 Å². The molecule has 0 unspecified atom stereocenters. The molecule has 1 aromatic heterocycles. The number of esters is 1. The molecule has 0 aromatic carbocycles. The molecule has 0 fully saturated rings. The van der Waals surface area contributed by atoms with Gasteiger partial charge in [0.25, 0.3) is 0 Å². The van der Waals surface area contributed by atoms with Gasteiger partial charge in [0.2, 0.25) is 0 Å². The normalized spacial score (nSPS) is 21.3. The van der Waals surface area contributed by atoms with E-state index in [1.54, 1.807) is 18.0 Å². The van der Waals surface area contributed by atoms with Gasteiger partial charge in [-0.3, -0.25) is 9.78 Å². The first kappa shape index (κ1) is 20.6. The van der Waals surface area contributed by atoms with Gasteiger partial charge in [-0.15, -0.1) is 0 Å². The quantitative estimate of drug-likeness (QED) is 0.575. The van der Waals surface area contributed by atoms with E-state index < -0.39 is 5.92 Å². The highest BCUT2D eigenvalue weighted by atomic mass is 32.2. The second kappa shape index (κ2) is 8.52. The molecule has 0 bridgehead atoms. The number of hydrogen-bond donors (Lipinski definition) is 1. The van der Waals surface area contributed by atoms with Crippen LogP contribution in [0.2, 0.25) is 0 Å². The Bertz CT molecular complexity index is 827. The summed E-state index contributed by atoms with van der Waals surface area (Å²) in [6, 6.07) is 5.60. The van der Waals surface area contributed by atoms with Crippen molar-refractivity contribution in [1.82, 2.24) is 10.3 Å². The van der Waals surface area contributed by atoms with Crippen LogP contribution in [0.3, 0.4) is 0 Å². The standard InChI is InChI=1S/C22H28N2O3S/c1-5-28-11-10-27-21(26)18-14(2)24-16-12-22(3,4)13-17(25)19(16)20(18)15-8-6-7-9-23-15/h6-9,20,24H,5,10-13H2,1-4H3/t20-/m1/s1. The van der Waals surface area contributed by atoms with Crippen molar-refractivity contribution in [3.05, 3.63) is 52.6 Å². The molecule has 5 nitrogen and oxygen atoms in total. The Morgan fingerprint density at radius 1 is 1.36 bits per heavy atom. The average Bonchev–Trinajstić information content (AvgIpc) is 2.63. The summed E-state index contributed by atoms with van der Waals surface area (Å²) in [5, 5.41) is 3.34. The minimum atomic E-state index is -0.479. The van der Waals surface area contributed by atoms with Gasteiger partial charge < -0.3 is 10.1 Å². The van der Waals surface area contributed by atoms with Crippen LogP contribution in [0.5, 0.6) is 0 Å². The maximum absolute atomic E-state index is 13.1. The maximum Gasteiger partial charge on any atom is 0.336 e. The number of aromatic nitrogens is 1. The van der Waals surface area contributed by atoms with Crippen LogP contribution in [-0.4, -0.2) is 34.8 Å². The first-order chi connectivity index (χ1) is 13.3. The molecule has 0 saturated heterocycles. The fraction of sp³-hybridized carbons (Fsp3) is 0.500. The molecule has 1 N–H and O–H groups in total. The first-order valence-corrected chi connectivity index (χ1v) is 10.9. The number of hydrogen-bond acceptors (Lipinski definition) is 6. The van der Waals surface area contributed by atoms with Crippen LogP contribution in [0.25, 0.3) is 0 Å². The van der Waals surface area contributed by atoms with Crippen LogP contribution in [0.1, 0.15) is 52.1 Å². The molecule has 2 aliphatic rings. The van der Waals surface area contributed by atoms with Crippen molar-refractivity contribution in [2.45, 2.75) is 46.5 Å². The lowest BCUT2D eigenvalue weighted by Gasteiger charge is -2.39. The number of rotatable bonds is 6. The van der Waals surface area contributed by atoms with Gasteiger partial charge >= 0.3 is 5.97 Å². The molecule has 0 spiro atoms. The third-order valence-corrected chi connectivity index (χ3v) is 5.97. The van der Waals surface area contributed by atoms with Crippen molar-refractivity contribution < 1.29 is 14.3 Å². The zero-order valence-corrected chi connectivity index (χ0v) is 17.8. The summed E-state index contributed by atoms with van der Waals surface area (Å²) >= 11 is 1.73. The van der Waals surface area contributed by atoms with Crippen LogP contribution < -0.4 is 5.32 Å². The van der Waals surface area contributed by atoms with Crippen LogP contribution in [0, 0.1) is 5.41 Å². The van der Waals surface area contributed by atoms with Crippen molar-refractivity contribution in [2.75, 3.05) is 18.1 Å². The zero-order chi connectivity index (χ0) is 20.3. The van der Waals surface area contributed by atoms with Crippen LogP contribution >= 0.6 is 11.8 Å². The Labute approximate surface area is 171 Å². The van der Waals surface area contributed by atoms with Crippen LogP contribution in [-0.2, 0) is 14.3 Å². The number of nitrogens with zero attached hydrogens (tertiary/aromatic N) is 1. The minimum absolute atomic E-state index is 0.0775. The van der Waals surface area contributed by atoms with Gasteiger partial charge in [0, 0.05) is 35.3 Å². The Kier molecular flexibility index (Phi) is 6.28. The van der Waals surface area contributed by atoms with E-state index in [9.17, 15) is 9.59 Å². The molecule has 150 valence electrons. The van der Waals surface area contributed by atoms with Crippen molar-refractivity contribution in [3.63, 3.8) is 0 Å². The Balaban J connectivity index is 1.99. The summed E-state index contributed by atoms with van der Waals surface area (Å²) in [5.74, 6) is 0.970. The van der Waals surface area contributed by atoms with E-state index in [2.05, 4.69) is 31.1 Å². The highest BCUT2D eigenvalue weighted by molar-refractivity contribution is 7.99. The number of ketones is 1. The molecule has 1 aliphatic heterocycles. The molecular weight excluding hydrogens is 372 g/mol. The van der Waals surface area contributed by atoms with E-state index in [1.165, 1.54) is 0 Å². The molecule has 2 heterocycles. The number of allylic oxidation sites excluding steroid dienone is 3. The fourth-order valence-electron chi connectivity index (χ4n) is 3.96. The lowest BCUT2D eigenvalue weighted by Crippen LogP contribution is -2.39. The molecular formula is C22H28N2O3S. The zero-order valence-electron chi connectivity index (χ0n) is 17.0. The third-order valence-electron chi connectivity index (χ3n) is 5.11. The van der Waals surface area contributed by atoms with E-state index in [1.807, 2.05) is 25.1 Å². The SMILES string of the molecule is CCSCCOC(=O)C1=C(C)NC2=C(C(=O)CC(C)(C)C2)[C@@H]1c1ccccn1. The highest BCUT2D eigenvalue weighted by Crippen LogP contribution is 2.46. The number of dihydropyridines is 1. The van der Waals surface area contributed by atoms with E-state index >= 15 is 0 Å². The number of thioether (sulfide) groups is 1. The largest absolute Gasteiger partial charge is 0.461 e. The Morgan fingerprint density at radius 2 is 2.14 bits per heavy atom. The number of Topliss-reactive ketones (excluding diaryl/α,β-unsaturated/α-hetero) is 1. The van der Waals surface area contributed by atoms with Crippen molar-refractivity contribution >= 4 is 23.5 Å². The molecule has 1 aromatic rings. The minimum Gasteiger partial charge on any atom is -0.461 e. The van der Waals surface area contributed by atoms with E-state index in [-0.39, 0.29) is 17.2 Å². The van der Waals surface area contributed by atoms with Gasteiger partial charge in [0.1, 0.15) is 6.61 Å².